The van der Waals surface area contributed by atoms with Crippen LogP contribution in [0.1, 0.15) is 94.7 Å². The highest BCUT2D eigenvalue weighted by Gasteiger charge is 2.40. The molecule has 296 valence electrons. The van der Waals surface area contributed by atoms with Crippen LogP contribution in [0.15, 0.2) is 48.7 Å². The van der Waals surface area contributed by atoms with Crippen LogP contribution < -0.4 is 16.0 Å². The molecule has 0 bridgehead atoms. The molecule has 14 heteroatoms. The number of carbonyl (C=O) groups excluding carboxylic acids is 4. The summed E-state index contributed by atoms with van der Waals surface area (Å²) >= 11 is 0. The summed E-state index contributed by atoms with van der Waals surface area (Å²) in [6.07, 6.45) is 7.76. The first kappa shape index (κ1) is 38.0. The van der Waals surface area contributed by atoms with Crippen LogP contribution in [0, 0.1) is 0 Å². The second-order valence-corrected chi connectivity index (χ2v) is 16.2. The van der Waals surface area contributed by atoms with Crippen molar-refractivity contribution in [2.45, 2.75) is 88.6 Å². The third kappa shape index (κ3) is 7.87. The molecule has 5 aliphatic rings. The van der Waals surface area contributed by atoms with E-state index >= 15 is 0 Å². The van der Waals surface area contributed by atoms with Crippen molar-refractivity contribution in [3.8, 4) is 0 Å². The first-order valence-electron chi connectivity index (χ1n) is 20.2. The van der Waals surface area contributed by atoms with Gasteiger partial charge >= 0.3 is 6.03 Å². The predicted molar refractivity (Wildman–Crippen MR) is 210 cm³/mol. The number of rotatable bonds is 13. The fourth-order valence-electron chi connectivity index (χ4n) is 9.26. The minimum atomic E-state index is -0.835. The minimum absolute atomic E-state index is 0.0821. The number of anilines is 1. The van der Waals surface area contributed by atoms with Gasteiger partial charge in [-0.15, -0.1) is 0 Å². The van der Waals surface area contributed by atoms with E-state index in [1.807, 2.05) is 29.0 Å². The summed E-state index contributed by atoms with van der Waals surface area (Å²) in [7, 11) is 1.84. The number of likely N-dealkylation sites (tertiary alicyclic amines) is 1. The van der Waals surface area contributed by atoms with Crippen molar-refractivity contribution in [1.82, 2.24) is 34.9 Å². The average molecular weight is 764 g/mol. The number of nitrogens with zero attached hydrogens (tertiary/aromatic N) is 7. The number of nitrogens with one attached hydrogen (secondary N) is 1. The van der Waals surface area contributed by atoms with Crippen LogP contribution >= 0.6 is 0 Å². The van der Waals surface area contributed by atoms with Crippen LogP contribution in [0.3, 0.4) is 0 Å². The van der Waals surface area contributed by atoms with Crippen LogP contribution in [0.25, 0.3) is 0 Å². The average Bonchev–Trinajstić information content (AvgIpc) is 3.70. The summed E-state index contributed by atoms with van der Waals surface area (Å²) in [4.78, 5) is 68.7. The van der Waals surface area contributed by atoms with Gasteiger partial charge in [0.15, 0.2) is 0 Å². The Balaban J connectivity index is 0.791. The molecule has 5 aliphatic heterocycles. The quantitative estimate of drug-likeness (QED) is 0.174. The maximum atomic E-state index is 12.6. The molecular weight excluding hydrogens is 711 g/mol. The number of carbonyl (C=O) groups is 4. The van der Waals surface area contributed by atoms with Crippen LogP contribution in [0.2, 0.25) is 0 Å². The number of benzene rings is 2. The second kappa shape index (κ2) is 16.3. The molecule has 2 unspecified atom stereocenters. The summed E-state index contributed by atoms with van der Waals surface area (Å²) in [5.41, 5.74) is 12.3. The van der Waals surface area contributed by atoms with Crippen molar-refractivity contribution in [2.24, 2.45) is 5.73 Å². The summed E-state index contributed by atoms with van der Waals surface area (Å²) in [5.74, 6) is 0.0895. The highest BCUT2D eigenvalue weighted by atomic mass is 16.3. The molecule has 1 aromatic heterocycles. The molecule has 4 saturated heterocycles. The van der Waals surface area contributed by atoms with Crippen LogP contribution in [-0.4, -0.2) is 123 Å². The first-order chi connectivity index (χ1) is 27.1. The van der Waals surface area contributed by atoms with E-state index < -0.39 is 18.2 Å². The first-order valence-corrected chi connectivity index (χ1v) is 20.2. The molecule has 0 saturated carbocycles. The Morgan fingerprint density at radius 3 is 2.54 bits per heavy atom. The largest absolute Gasteiger partial charge is 0.374 e. The van der Waals surface area contributed by atoms with Gasteiger partial charge < -0.3 is 30.4 Å². The van der Waals surface area contributed by atoms with E-state index in [1.165, 1.54) is 16.7 Å². The number of amides is 5. The fraction of sp³-hybridized carbons (Fsp3) is 0.524. The van der Waals surface area contributed by atoms with Gasteiger partial charge in [-0.2, -0.15) is 0 Å². The molecular formula is C42H53N9O5. The van der Waals surface area contributed by atoms with Crippen LogP contribution in [0.4, 0.5) is 10.6 Å². The summed E-state index contributed by atoms with van der Waals surface area (Å²) in [6.45, 7) is 6.65. The number of hydrogen-bond acceptors (Lipinski definition) is 10. The number of unbranched alkanes of at least 4 members (excludes halogenated alkanes) is 1. The van der Waals surface area contributed by atoms with E-state index in [0.29, 0.717) is 50.4 Å². The zero-order valence-corrected chi connectivity index (χ0v) is 32.2. The van der Waals surface area contributed by atoms with Crippen molar-refractivity contribution in [3.05, 3.63) is 87.9 Å². The SMILES string of the molecule is CN1CCN([C@@H]2CCCN(c3cnc(C(N)=O)c(CCc4ccc(C5CN(CCCCc6cccc7c6CN(C6CCC(=O)NC6=O)C7O)C5)cc4)n3)C2)C1=O. The van der Waals surface area contributed by atoms with Gasteiger partial charge in [-0.3, -0.25) is 24.6 Å². The fourth-order valence-corrected chi connectivity index (χ4v) is 9.26. The molecule has 2 aromatic carbocycles. The van der Waals surface area contributed by atoms with Crippen molar-refractivity contribution < 1.29 is 24.3 Å². The second-order valence-electron chi connectivity index (χ2n) is 16.2. The Labute approximate surface area is 328 Å². The number of urea groups is 1. The number of imide groups is 1. The van der Waals surface area contributed by atoms with Crippen molar-refractivity contribution >= 4 is 29.6 Å². The van der Waals surface area contributed by atoms with Gasteiger partial charge in [-0.05, 0) is 80.2 Å². The van der Waals surface area contributed by atoms with E-state index in [1.54, 1.807) is 11.1 Å². The molecule has 3 atom stereocenters. The zero-order chi connectivity index (χ0) is 38.9. The number of aliphatic hydroxyl groups is 1. The summed E-state index contributed by atoms with van der Waals surface area (Å²) < 4.78 is 0. The van der Waals surface area contributed by atoms with Crippen molar-refractivity contribution in [2.75, 3.05) is 57.8 Å². The third-order valence-corrected chi connectivity index (χ3v) is 12.6. The van der Waals surface area contributed by atoms with E-state index in [-0.39, 0.29) is 29.6 Å². The predicted octanol–water partition coefficient (Wildman–Crippen LogP) is 2.73. The molecule has 14 nitrogen and oxygen atoms in total. The Hall–Kier alpha value is -4.92. The number of primary amides is 1. The number of fused-ring (bicyclic) bond motifs is 1. The maximum absolute atomic E-state index is 12.6. The number of piperidine rings is 2. The van der Waals surface area contributed by atoms with Gasteiger partial charge in [-0.1, -0.05) is 42.5 Å². The van der Waals surface area contributed by atoms with E-state index in [4.69, 9.17) is 10.7 Å². The third-order valence-electron chi connectivity index (χ3n) is 12.6. The Morgan fingerprint density at radius 2 is 1.79 bits per heavy atom. The number of aliphatic hydroxyl groups excluding tert-OH is 1. The smallest absolute Gasteiger partial charge is 0.320 e. The molecule has 8 rings (SSSR count). The lowest BCUT2D eigenvalue weighted by Crippen LogP contribution is -2.51. The lowest BCUT2D eigenvalue weighted by Gasteiger charge is -2.39. The molecule has 56 heavy (non-hydrogen) atoms. The molecule has 3 aromatic rings. The van der Waals surface area contributed by atoms with Gasteiger partial charge in [0.05, 0.1) is 24.0 Å². The Bertz CT molecular complexity index is 1970. The lowest BCUT2D eigenvalue weighted by atomic mass is 9.90. The molecule has 6 heterocycles. The molecule has 4 fully saturated rings. The number of aromatic nitrogens is 2. The van der Waals surface area contributed by atoms with E-state index in [9.17, 15) is 24.3 Å². The number of nitrogens with two attached hydrogens (primary N) is 1. The van der Waals surface area contributed by atoms with Gasteiger partial charge in [0.2, 0.25) is 11.8 Å². The summed E-state index contributed by atoms with van der Waals surface area (Å²) in [5, 5.41) is 13.5. The van der Waals surface area contributed by atoms with Gasteiger partial charge in [0.1, 0.15) is 17.7 Å². The molecule has 4 N–H and O–H groups in total. The molecule has 5 amide bonds. The topological polar surface area (TPSA) is 169 Å². The van der Waals surface area contributed by atoms with E-state index in [0.717, 1.165) is 88.3 Å². The maximum Gasteiger partial charge on any atom is 0.320 e. The normalized spacial score (nSPS) is 23.4. The number of hydrogen-bond donors (Lipinski definition) is 3. The van der Waals surface area contributed by atoms with Gasteiger partial charge in [0, 0.05) is 70.8 Å². The van der Waals surface area contributed by atoms with Gasteiger partial charge in [-0.25, -0.2) is 14.8 Å². The Kier molecular flexibility index (Phi) is 11.0. The highest BCUT2D eigenvalue weighted by Crippen LogP contribution is 2.37. The van der Waals surface area contributed by atoms with Crippen molar-refractivity contribution in [1.29, 1.82) is 0 Å². The lowest BCUT2D eigenvalue weighted by molar-refractivity contribution is -0.141. The minimum Gasteiger partial charge on any atom is -0.374 e. The standard InChI is InChI=1S/C42H53N9O5/c1-47-20-21-50(42(47)56)31-8-5-19-49(25-31)36-22-44-38(39(43)53)34(45-36)15-12-27-10-13-28(14-11-27)30-23-48(24-30)18-3-2-6-29-7-4-9-32-33(29)26-51(41(32)55)35-16-17-37(52)46-40(35)54/h4,7,9-11,13-14,22,30-31,35,41,55H,2-3,5-6,8,12,15-21,23-26H2,1H3,(H2,43,53)(H,46,52,54)/t31-,35?,41?/m1/s1. The molecule has 0 spiro atoms. The van der Waals surface area contributed by atoms with Crippen molar-refractivity contribution in [3.63, 3.8) is 0 Å². The zero-order valence-electron chi connectivity index (χ0n) is 32.2. The van der Waals surface area contributed by atoms with Gasteiger partial charge in [0.25, 0.3) is 5.91 Å². The van der Waals surface area contributed by atoms with E-state index in [2.05, 4.69) is 50.4 Å². The van der Waals surface area contributed by atoms with Crippen LogP contribution in [-0.2, 0) is 35.4 Å². The Morgan fingerprint density at radius 1 is 0.964 bits per heavy atom. The number of aryl methyl sites for hydroxylation is 3. The number of likely N-dealkylation sites (N-methyl/N-ethyl adjacent to an activating group) is 1. The monoisotopic (exact) mass is 763 g/mol. The molecule has 0 aliphatic carbocycles. The van der Waals surface area contributed by atoms with Crippen LogP contribution in [0.5, 0.6) is 0 Å². The molecule has 0 radical (unpaired) electrons. The highest BCUT2D eigenvalue weighted by molar-refractivity contribution is 6.00. The summed E-state index contributed by atoms with van der Waals surface area (Å²) in [6, 6.07) is 14.6.